The highest BCUT2D eigenvalue weighted by Crippen LogP contribution is 2.22. The van der Waals surface area contributed by atoms with Gasteiger partial charge < -0.3 is 10.1 Å². The predicted octanol–water partition coefficient (Wildman–Crippen LogP) is 3.52. The molecule has 1 aliphatic rings. The minimum Gasteiger partial charge on any atom is -0.381 e. The van der Waals surface area contributed by atoms with E-state index in [9.17, 15) is 9.18 Å². The van der Waals surface area contributed by atoms with Crippen molar-refractivity contribution in [1.82, 2.24) is 15.1 Å². The van der Waals surface area contributed by atoms with Gasteiger partial charge in [0.2, 0.25) is 0 Å². The summed E-state index contributed by atoms with van der Waals surface area (Å²) in [7, 11) is 0. The zero-order valence-corrected chi connectivity index (χ0v) is 16.3. The van der Waals surface area contributed by atoms with Crippen LogP contribution in [-0.4, -0.2) is 35.4 Å². The first-order valence-electron chi connectivity index (χ1n) is 9.51. The van der Waals surface area contributed by atoms with E-state index in [1.165, 1.54) is 12.1 Å². The smallest absolute Gasteiger partial charge is 0.269 e. The number of ether oxygens (including phenoxy) is 1. The van der Waals surface area contributed by atoms with Gasteiger partial charge in [0.1, 0.15) is 11.5 Å². The molecule has 0 bridgehead atoms. The molecular weight excluding hydrogens is 345 g/mol. The van der Waals surface area contributed by atoms with Crippen LogP contribution in [0.5, 0.6) is 0 Å². The fraction of sp³-hybridized carbons (Fsp3) is 0.524. The van der Waals surface area contributed by atoms with E-state index >= 15 is 0 Å². The highest BCUT2D eigenvalue weighted by Gasteiger charge is 2.24. The van der Waals surface area contributed by atoms with Gasteiger partial charge in [-0.25, -0.2) is 4.39 Å². The van der Waals surface area contributed by atoms with Crippen LogP contribution in [-0.2, 0) is 16.7 Å². The summed E-state index contributed by atoms with van der Waals surface area (Å²) in [5.74, 6) is 0.0638. The van der Waals surface area contributed by atoms with Crippen molar-refractivity contribution in [3.05, 3.63) is 53.1 Å². The Hall–Kier alpha value is -2.21. The van der Waals surface area contributed by atoms with E-state index in [2.05, 4.69) is 31.2 Å². The number of hydrogen-bond acceptors (Lipinski definition) is 3. The molecule has 27 heavy (non-hydrogen) atoms. The Morgan fingerprint density at radius 3 is 2.56 bits per heavy atom. The predicted molar refractivity (Wildman–Crippen MR) is 102 cm³/mol. The SMILES string of the molecule is CC(C)(C)c1cc(C(=O)NCC2CCOCC2)n(Cc2ccc(F)cc2)n1. The van der Waals surface area contributed by atoms with E-state index in [0.29, 0.717) is 24.7 Å². The number of rotatable bonds is 5. The number of nitrogens with zero attached hydrogens (tertiary/aromatic N) is 2. The molecule has 0 atom stereocenters. The molecule has 0 aliphatic carbocycles. The number of hydrogen-bond donors (Lipinski definition) is 1. The van der Waals surface area contributed by atoms with Gasteiger partial charge in [0, 0.05) is 25.2 Å². The third-order valence-corrected chi connectivity index (χ3v) is 4.92. The first-order valence-corrected chi connectivity index (χ1v) is 9.51. The minimum absolute atomic E-state index is 0.119. The summed E-state index contributed by atoms with van der Waals surface area (Å²) < 4.78 is 20.3. The van der Waals surface area contributed by atoms with Crippen LogP contribution < -0.4 is 5.32 Å². The van der Waals surface area contributed by atoms with Crippen LogP contribution in [0.2, 0.25) is 0 Å². The maximum atomic E-state index is 13.2. The summed E-state index contributed by atoms with van der Waals surface area (Å²) in [6.45, 7) is 8.81. The molecule has 1 aliphatic heterocycles. The van der Waals surface area contributed by atoms with Crippen LogP contribution in [0.1, 0.15) is 55.4 Å². The van der Waals surface area contributed by atoms with Gasteiger partial charge in [0.15, 0.2) is 0 Å². The molecule has 6 heteroatoms. The molecule has 1 aromatic carbocycles. The first-order chi connectivity index (χ1) is 12.8. The second kappa shape index (κ2) is 8.21. The van der Waals surface area contributed by atoms with Crippen LogP contribution in [0, 0.1) is 11.7 Å². The Morgan fingerprint density at radius 2 is 1.93 bits per heavy atom. The average Bonchev–Trinajstić information content (AvgIpc) is 3.07. The zero-order valence-electron chi connectivity index (χ0n) is 16.3. The lowest BCUT2D eigenvalue weighted by Gasteiger charge is -2.22. The first kappa shape index (κ1) is 19.5. The number of halogens is 1. The molecule has 146 valence electrons. The number of carbonyl (C=O) groups is 1. The summed E-state index contributed by atoms with van der Waals surface area (Å²) >= 11 is 0. The molecule has 2 aromatic rings. The normalized spacial score (nSPS) is 15.7. The van der Waals surface area contributed by atoms with Gasteiger partial charge in [-0.3, -0.25) is 9.48 Å². The van der Waals surface area contributed by atoms with Crippen molar-refractivity contribution in [2.45, 2.75) is 45.6 Å². The molecule has 3 rings (SSSR count). The molecule has 0 unspecified atom stereocenters. The summed E-state index contributed by atoms with van der Waals surface area (Å²) in [6, 6.07) is 8.15. The number of aromatic nitrogens is 2. The highest BCUT2D eigenvalue weighted by molar-refractivity contribution is 5.92. The molecular formula is C21H28FN3O2. The van der Waals surface area contributed by atoms with E-state index in [-0.39, 0.29) is 17.1 Å². The Morgan fingerprint density at radius 1 is 1.26 bits per heavy atom. The third-order valence-electron chi connectivity index (χ3n) is 4.92. The molecule has 1 amide bonds. The van der Waals surface area contributed by atoms with Gasteiger partial charge in [-0.05, 0) is 42.5 Å². The Kier molecular flexibility index (Phi) is 5.95. The number of amides is 1. The minimum atomic E-state index is -0.274. The van der Waals surface area contributed by atoms with Crippen molar-refractivity contribution in [2.24, 2.45) is 5.92 Å². The largest absolute Gasteiger partial charge is 0.381 e. The van der Waals surface area contributed by atoms with Crippen molar-refractivity contribution < 1.29 is 13.9 Å². The van der Waals surface area contributed by atoms with Gasteiger partial charge in [0.05, 0.1) is 12.2 Å². The zero-order chi connectivity index (χ0) is 19.4. The molecule has 2 heterocycles. The van der Waals surface area contributed by atoms with Crippen LogP contribution in [0.15, 0.2) is 30.3 Å². The van der Waals surface area contributed by atoms with Crippen LogP contribution in [0.3, 0.4) is 0 Å². The lowest BCUT2D eigenvalue weighted by atomic mass is 9.92. The third kappa shape index (κ3) is 5.16. The fourth-order valence-corrected chi connectivity index (χ4v) is 3.13. The molecule has 1 saturated heterocycles. The van der Waals surface area contributed by atoms with Gasteiger partial charge in [0.25, 0.3) is 5.91 Å². The van der Waals surface area contributed by atoms with Crippen LogP contribution in [0.25, 0.3) is 0 Å². The summed E-state index contributed by atoms with van der Waals surface area (Å²) in [6.07, 6.45) is 1.95. The summed E-state index contributed by atoms with van der Waals surface area (Å²) in [5.41, 5.74) is 2.14. The summed E-state index contributed by atoms with van der Waals surface area (Å²) in [4.78, 5) is 12.8. The van der Waals surface area contributed by atoms with E-state index in [1.54, 1.807) is 16.8 Å². The number of benzene rings is 1. The quantitative estimate of drug-likeness (QED) is 0.872. The maximum Gasteiger partial charge on any atom is 0.269 e. The molecule has 0 saturated carbocycles. The average molecular weight is 373 g/mol. The van der Waals surface area contributed by atoms with Crippen molar-refractivity contribution in [2.75, 3.05) is 19.8 Å². The summed E-state index contributed by atoms with van der Waals surface area (Å²) in [5, 5.41) is 7.71. The Bertz CT molecular complexity index is 772. The molecule has 5 nitrogen and oxygen atoms in total. The van der Waals surface area contributed by atoms with Gasteiger partial charge in [-0.2, -0.15) is 5.10 Å². The van der Waals surface area contributed by atoms with Crippen molar-refractivity contribution in [3.63, 3.8) is 0 Å². The van der Waals surface area contributed by atoms with E-state index in [4.69, 9.17) is 4.74 Å². The Balaban J connectivity index is 1.77. The van der Waals surface area contributed by atoms with Gasteiger partial charge in [-0.1, -0.05) is 32.9 Å². The van der Waals surface area contributed by atoms with Crippen LogP contribution in [0.4, 0.5) is 4.39 Å². The number of carbonyl (C=O) groups excluding carboxylic acids is 1. The lowest BCUT2D eigenvalue weighted by Crippen LogP contribution is -2.33. The second-order valence-electron chi connectivity index (χ2n) is 8.21. The van der Waals surface area contributed by atoms with E-state index < -0.39 is 0 Å². The molecule has 0 radical (unpaired) electrons. The topological polar surface area (TPSA) is 56.1 Å². The lowest BCUT2D eigenvalue weighted by molar-refractivity contribution is 0.0641. The molecule has 1 fully saturated rings. The highest BCUT2D eigenvalue weighted by atomic mass is 19.1. The second-order valence-corrected chi connectivity index (χ2v) is 8.21. The molecule has 1 N–H and O–H groups in total. The fourth-order valence-electron chi connectivity index (χ4n) is 3.13. The molecule has 1 aromatic heterocycles. The Labute approximate surface area is 159 Å². The monoisotopic (exact) mass is 373 g/mol. The van der Waals surface area contributed by atoms with E-state index in [0.717, 1.165) is 37.3 Å². The van der Waals surface area contributed by atoms with Crippen molar-refractivity contribution in [1.29, 1.82) is 0 Å². The maximum absolute atomic E-state index is 13.2. The van der Waals surface area contributed by atoms with Gasteiger partial charge >= 0.3 is 0 Å². The van der Waals surface area contributed by atoms with Crippen LogP contribution >= 0.6 is 0 Å². The van der Waals surface area contributed by atoms with Crippen molar-refractivity contribution >= 4 is 5.91 Å². The standard InChI is InChI=1S/C21H28FN3O2/c1-21(2,3)19-12-18(20(26)23-13-15-8-10-27-11-9-15)25(24-19)14-16-4-6-17(22)7-5-16/h4-7,12,15H,8-11,13-14H2,1-3H3,(H,23,26). The van der Waals surface area contributed by atoms with E-state index in [1.807, 2.05) is 6.07 Å². The molecule has 0 spiro atoms. The van der Waals surface area contributed by atoms with Gasteiger partial charge in [-0.15, -0.1) is 0 Å². The number of nitrogens with one attached hydrogen (secondary N) is 1. The van der Waals surface area contributed by atoms with Crippen molar-refractivity contribution in [3.8, 4) is 0 Å².